The standard InChI is InChI=1S/C26H21Br2NO/c1-16-5-7-18(8-6-16)26(30)29-24-14-13-20(28)15-23(24)21-3-2-4-22(21)25(29)17-9-11-19(27)12-10-17/h2-3,5-15,21-22,25H,4H2,1H3/t21-,22+,25-/m1/s1. The van der Waals surface area contributed by atoms with Crippen molar-refractivity contribution in [2.45, 2.75) is 25.3 Å². The van der Waals surface area contributed by atoms with Gasteiger partial charge in [0, 0.05) is 26.1 Å². The molecule has 1 heterocycles. The van der Waals surface area contributed by atoms with Crippen molar-refractivity contribution in [1.82, 2.24) is 0 Å². The van der Waals surface area contributed by atoms with Crippen LogP contribution >= 0.6 is 31.9 Å². The van der Waals surface area contributed by atoms with E-state index in [0.717, 1.165) is 32.2 Å². The smallest absolute Gasteiger partial charge is 0.258 e. The van der Waals surface area contributed by atoms with Crippen molar-refractivity contribution in [3.8, 4) is 0 Å². The molecule has 2 nitrogen and oxygen atoms in total. The summed E-state index contributed by atoms with van der Waals surface area (Å²) >= 11 is 7.18. The first-order valence-electron chi connectivity index (χ1n) is 10.1. The van der Waals surface area contributed by atoms with Gasteiger partial charge >= 0.3 is 0 Å². The Bertz CT molecular complexity index is 1130. The van der Waals surface area contributed by atoms with Gasteiger partial charge in [0.15, 0.2) is 0 Å². The molecule has 0 spiro atoms. The van der Waals surface area contributed by atoms with Gasteiger partial charge in [0.05, 0.1) is 6.04 Å². The predicted octanol–water partition coefficient (Wildman–Crippen LogP) is 7.58. The predicted molar refractivity (Wildman–Crippen MR) is 129 cm³/mol. The third-order valence-electron chi connectivity index (χ3n) is 6.23. The Hall–Kier alpha value is -2.17. The lowest BCUT2D eigenvalue weighted by molar-refractivity contribution is 0.0961. The van der Waals surface area contributed by atoms with E-state index in [4.69, 9.17) is 0 Å². The van der Waals surface area contributed by atoms with E-state index in [2.05, 4.69) is 80.4 Å². The first-order valence-corrected chi connectivity index (χ1v) is 11.7. The van der Waals surface area contributed by atoms with Crippen molar-refractivity contribution >= 4 is 43.5 Å². The lowest BCUT2D eigenvalue weighted by atomic mass is 9.75. The van der Waals surface area contributed by atoms with Gasteiger partial charge in [-0.3, -0.25) is 4.79 Å². The average molecular weight is 523 g/mol. The lowest BCUT2D eigenvalue weighted by Gasteiger charge is -2.44. The second-order valence-corrected chi connectivity index (χ2v) is 9.93. The third kappa shape index (κ3) is 3.36. The van der Waals surface area contributed by atoms with Crippen LogP contribution in [0, 0.1) is 12.8 Å². The highest BCUT2D eigenvalue weighted by atomic mass is 79.9. The zero-order chi connectivity index (χ0) is 20.8. The zero-order valence-electron chi connectivity index (χ0n) is 16.6. The molecule has 5 rings (SSSR count). The van der Waals surface area contributed by atoms with E-state index >= 15 is 0 Å². The number of nitrogens with zero attached hydrogens (tertiary/aromatic N) is 1. The maximum atomic E-state index is 13.9. The summed E-state index contributed by atoms with van der Waals surface area (Å²) in [5, 5.41) is 0. The SMILES string of the molecule is Cc1ccc(C(=O)N2c3ccc(Br)cc3[C@@H]3C=CC[C@@H]3[C@H]2c2ccc(Br)cc2)cc1. The van der Waals surface area contributed by atoms with Crippen LogP contribution in [-0.4, -0.2) is 5.91 Å². The second kappa shape index (κ2) is 7.82. The molecule has 30 heavy (non-hydrogen) atoms. The minimum atomic E-state index is -0.0134. The minimum absolute atomic E-state index is 0.0134. The van der Waals surface area contributed by atoms with Gasteiger partial charge in [0.1, 0.15) is 0 Å². The monoisotopic (exact) mass is 521 g/mol. The maximum Gasteiger partial charge on any atom is 0.258 e. The lowest BCUT2D eigenvalue weighted by Crippen LogP contribution is -2.43. The number of hydrogen-bond acceptors (Lipinski definition) is 1. The van der Waals surface area contributed by atoms with Crippen LogP contribution in [0.1, 0.15) is 45.4 Å². The van der Waals surface area contributed by atoms with E-state index in [1.54, 1.807) is 0 Å². The van der Waals surface area contributed by atoms with Crippen molar-refractivity contribution in [2.24, 2.45) is 5.92 Å². The molecular formula is C26H21Br2NO. The number of rotatable bonds is 2. The Kier molecular flexibility index (Phi) is 5.16. The second-order valence-electron chi connectivity index (χ2n) is 8.09. The summed E-state index contributed by atoms with van der Waals surface area (Å²) in [5.41, 5.74) is 5.27. The summed E-state index contributed by atoms with van der Waals surface area (Å²) in [5.74, 6) is 0.687. The first kappa shape index (κ1) is 19.8. The minimum Gasteiger partial charge on any atom is -0.300 e. The number of carbonyl (C=O) groups excluding carboxylic acids is 1. The molecule has 3 aromatic rings. The summed E-state index contributed by atoms with van der Waals surface area (Å²) in [6.45, 7) is 2.04. The number of carbonyl (C=O) groups is 1. The van der Waals surface area contributed by atoms with Gasteiger partial charge in [-0.15, -0.1) is 0 Å². The topological polar surface area (TPSA) is 20.3 Å². The van der Waals surface area contributed by atoms with Crippen LogP contribution in [0.3, 0.4) is 0 Å². The van der Waals surface area contributed by atoms with Crippen molar-refractivity contribution < 1.29 is 4.79 Å². The molecule has 3 aromatic carbocycles. The molecule has 0 saturated carbocycles. The van der Waals surface area contributed by atoms with Crippen molar-refractivity contribution in [3.63, 3.8) is 0 Å². The number of fused-ring (bicyclic) bond motifs is 3. The summed E-state index contributed by atoms with van der Waals surface area (Å²) in [6, 6.07) is 22.6. The molecule has 0 unspecified atom stereocenters. The Labute approximate surface area is 193 Å². The highest BCUT2D eigenvalue weighted by Gasteiger charge is 2.44. The number of benzene rings is 3. The van der Waals surface area contributed by atoms with Crippen molar-refractivity contribution in [2.75, 3.05) is 4.90 Å². The number of anilines is 1. The van der Waals surface area contributed by atoms with E-state index in [1.165, 1.54) is 11.1 Å². The number of halogens is 2. The Morgan fingerprint density at radius 3 is 2.37 bits per heavy atom. The van der Waals surface area contributed by atoms with Gasteiger partial charge in [-0.25, -0.2) is 0 Å². The number of aryl methyl sites for hydroxylation is 1. The van der Waals surface area contributed by atoms with Crippen molar-refractivity contribution in [3.05, 3.63) is 110 Å². The molecule has 0 saturated heterocycles. The van der Waals surface area contributed by atoms with Crippen molar-refractivity contribution in [1.29, 1.82) is 0 Å². The van der Waals surface area contributed by atoms with Crippen LogP contribution in [0.5, 0.6) is 0 Å². The van der Waals surface area contributed by atoms with E-state index in [9.17, 15) is 4.79 Å². The molecule has 0 N–H and O–H groups in total. The number of hydrogen-bond donors (Lipinski definition) is 0. The molecule has 150 valence electrons. The normalized spacial score (nSPS) is 22.0. The summed E-state index contributed by atoms with van der Waals surface area (Å²) in [7, 11) is 0. The summed E-state index contributed by atoms with van der Waals surface area (Å²) < 4.78 is 2.09. The molecule has 1 aliphatic carbocycles. The maximum absolute atomic E-state index is 13.9. The van der Waals surface area contributed by atoms with E-state index in [1.807, 2.05) is 42.2 Å². The van der Waals surface area contributed by atoms with E-state index < -0.39 is 0 Å². The zero-order valence-corrected chi connectivity index (χ0v) is 19.7. The van der Waals surface area contributed by atoms with Crippen LogP contribution in [0.2, 0.25) is 0 Å². The molecular weight excluding hydrogens is 502 g/mol. The summed E-state index contributed by atoms with van der Waals surface area (Å²) in [4.78, 5) is 15.9. The highest BCUT2D eigenvalue weighted by molar-refractivity contribution is 9.10. The highest BCUT2D eigenvalue weighted by Crippen LogP contribution is 2.54. The largest absolute Gasteiger partial charge is 0.300 e. The summed E-state index contributed by atoms with van der Waals surface area (Å²) in [6.07, 6.45) is 5.55. The van der Waals surface area contributed by atoms with Crippen LogP contribution in [0.4, 0.5) is 5.69 Å². The third-order valence-corrected chi connectivity index (χ3v) is 7.26. The molecule has 4 heteroatoms. The Balaban J connectivity index is 1.70. The Morgan fingerprint density at radius 2 is 1.63 bits per heavy atom. The fourth-order valence-electron chi connectivity index (χ4n) is 4.81. The molecule has 0 fully saturated rings. The fourth-order valence-corrected chi connectivity index (χ4v) is 5.45. The van der Waals surface area contributed by atoms with Gasteiger partial charge in [0.25, 0.3) is 5.91 Å². The average Bonchev–Trinajstić information content (AvgIpc) is 3.23. The number of amides is 1. The molecule has 0 aromatic heterocycles. The quantitative estimate of drug-likeness (QED) is 0.317. The van der Waals surface area contributed by atoms with Crippen LogP contribution in [0.15, 0.2) is 87.8 Å². The van der Waals surface area contributed by atoms with Gasteiger partial charge in [-0.05, 0) is 72.9 Å². The van der Waals surface area contributed by atoms with Gasteiger partial charge in [0.2, 0.25) is 0 Å². The van der Waals surface area contributed by atoms with Crippen LogP contribution < -0.4 is 4.90 Å². The van der Waals surface area contributed by atoms with Gasteiger partial charge < -0.3 is 4.90 Å². The van der Waals surface area contributed by atoms with E-state index in [-0.39, 0.29) is 11.9 Å². The molecule has 3 atom stereocenters. The molecule has 1 aliphatic heterocycles. The van der Waals surface area contributed by atoms with Gasteiger partial charge in [-0.1, -0.05) is 73.8 Å². The molecule has 0 radical (unpaired) electrons. The van der Waals surface area contributed by atoms with E-state index in [0.29, 0.717) is 11.8 Å². The Morgan fingerprint density at radius 1 is 0.933 bits per heavy atom. The fraction of sp³-hybridized carbons (Fsp3) is 0.192. The molecule has 1 amide bonds. The molecule has 2 aliphatic rings. The first-order chi connectivity index (χ1) is 14.5. The van der Waals surface area contributed by atoms with Gasteiger partial charge in [-0.2, -0.15) is 0 Å². The van der Waals surface area contributed by atoms with Crippen LogP contribution in [0.25, 0.3) is 0 Å². The van der Waals surface area contributed by atoms with Crippen LogP contribution in [-0.2, 0) is 0 Å². The molecule has 0 bridgehead atoms. The number of allylic oxidation sites excluding steroid dienone is 2.